The molecule has 0 spiro atoms. The summed E-state index contributed by atoms with van der Waals surface area (Å²) < 4.78 is 5.36. The van der Waals surface area contributed by atoms with E-state index in [1.807, 2.05) is 6.92 Å². The molecule has 6 nitrogen and oxygen atoms in total. The summed E-state index contributed by atoms with van der Waals surface area (Å²) in [6, 6.07) is 0. The van der Waals surface area contributed by atoms with E-state index in [-0.39, 0.29) is 11.6 Å². The van der Waals surface area contributed by atoms with Gasteiger partial charge in [0.2, 0.25) is 5.91 Å². The lowest BCUT2D eigenvalue weighted by atomic mass is 9.84. The molecule has 1 fully saturated rings. The number of hydrogen-bond acceptors (Lipinski definition) is 5. The first-order chi connectivity index (χ1) is 9.51. The number of nitrogens with one attached hydrogen (secondary N) is 1. The minimum absolute atomic E-state index is 0.00721. The molecule has 2 N–H and O–H groups in total. The quantitative estimate of drug-likeness (QED) is 0.856. The minimum Gasteiger partial charge on any atom is -0.476 e. The summed E-state index contributed by atoms with van der Waals surface area (Å²) in [6.45, 7) is 3.55. The first kappa shape index (κ1) is 14.9. The zero-order valence-electron chi connectivity index (χ0n) is 11.3. The molecule has 2 rings (SSSR count). The van der Waals surface area contributed by atoms with E-state index in [0.717, 1.165) is 19.4 Å². The molecule has 1 aromatic rings. The van der Waals surface area contributed by atoms with Crippen molar-refractivity contribution in [3.8, 4) is 0 Å². The third-order valence-corrected chi connectivity index (χ3v) is 4.29. The van der Waals surface area contributed by atoms with Crippen molar-refractivity contribution in [2.45, 2.75) is 26.2 Å². The number of carboxylic acid groups (broad SMARTS) is 1. The molecule has 1 unspecified atom stereocenters. The topological polar surface area (TPSA) is 88.5 Å². The molecule has 1 amide bonds. The molecule has 20 heavy (non-hydrogen) atoms. The molecule has 1 atom stereocenters. The maximum absolute atomic E-state index is 12.1. The lowest BCUT2D eigenvalue weighted by Crippen LogP contribution is -2.44. The molecular weight excluding hydrogens is 280 g/mol. The zero-order valence-corrected chi connectivity index (χ0v) is 12.2. The summed E-state index contributed by atoms with van der Waals surface area (Å²) in [5.41, 5.74) is -0.392. The van der Waals surface area contributed by atoms with Crippen LogP contribution < -0.4 is 5.32 Å². The van der Waals surface area contributed by atoms with Crippen LogP contribution in [0, 0.1) is 5.41 Å². The monoisotopic (exact) mass is 298 g/mol. The number of aromatic carboxylic acids is 1. The third kappa shape index (κ3) is 3.55. The molecule has 0 aromatic carbocycles. The fourth-order valence-electron chi connectivity index (χ4n) is 2.13. The molecular formula is C13H18N2O4S. The van der Waals surface area contributed by atoms with Crippen LogP contribution in [-0.2, 0) is 16.0 Å². The van der Waals surface area contributed by atoms with Crippen molar-refractivity contribution in [2.75, 3.05) is 19.8 Å². The molecule has 2 heterocycles. The van der Waals surface area contributed by atoms with Crippen molar-refractivity contribution in [1.82, 2.24) is 10.3 Å². The van der Waals surface area contributed by atoms with Crippen LogP contribution in [0.25, 0.3) is 0 Å². The summed E-state index contributed by atoms with van der Waals surface area (Å²) in [5.74, 6) is -1.03. The Hall–Kier alpha value is -1.47. The maximum atomic E-state index is 12.1. The van der Waals surface area contributed by atoms with E-state index in [2.05, 4.69) is 10.3 Å². The second kappa shape index (κ2) is 6.32. The van der Waals surface area contributed by atoms with Crippen LogP contribution >= 0.6 is 11.3 Å². The van der Waals surface area contributed by atoms with Crippen LogP contribution in [0.5, 0.6) is 0 Å². The number of hydrogen-bond donors (Lipinski definition) is 2. The van der Waals surface area contributed by atoms with Crippen molar-refractivity contribution < 1.29 is 19.4 Å². The van der Waals surface area contributed by atoms with Crippen molar-refractivity contribution in [1.29, 1.82) is 0 Å². The van der Waals surface area contributed by atoms with Gasteiger partial charge in [0.05, 0.1) is 17.0 Å². The first-order valence-corrected chi connectivity index (χ1v) is 7.43. The number of nitrogens with zero attached hydrogens (tertiary/aromatic N) is 1. The van der Waals surface area contributed by atoms with E-state index in [1.165, 1.54) is 16.7 Å². The van der Waals surface area contributed by atoms with Gasteiger partial charge in [-0.2, -0.15) is 0 Å². The van der Waals surface area contributed by atoms with Gasteiger partial charge < -0.3 is 15.2 Å². The van der Waals surface area contributed by atoms with E-state index in [0.29, 0.717) is 24.6 Å². The van der Waals surface area contributed by atoms with Gasteiger partial charge in [0.15, 0.2) is 5.69 Å². The van der Waals surface area contributed by atoms with Gasteiger partial charge in [-0.3, -0.25) is 4.79 Å². The summed E-state index contributed by atoms with van der Waals surface area (Å²) in [7, 11) is 0. The van der Waals surface area contributed by atoms with Crippen LogP contribution in [0.15, 0.2) is 5.38 Å². The molecule has 7 heteroatoms. The zero-order chi connectivity index (χ0) is 14.6. The Morgan fingerprint density at radius 1 is 1.60 bits per heavy atom. The van der Waals surface area contributed by atoms with Crippen molar-refractivity contribution in [3.63, 3.8) is 0 Å². The Balaban J connectivity index is 1.80. The fraction of sp³-hybridized carbons (Fsp3) is 0.615. The molecule has 0 aliphatic carbocycles. The van der Waals surface area contributed by atoms with Crippen molar-refractivity contribution in [3.05, 3.63) is 16.1 Å². The number of aromatic nitrogens is 1. The molecule has 110 valence electrons. The average Bonchev–Trinajstić information content (AvgIpc) is 2.88. The Morgan fingerprint density at radius 2 is 2.40 bits per heavy atom. The average molecular weight is 298 g/mol. The fourth-order valence-corrected chi connectivity index (χ4v) is 2.91. The second-order valence-electron chi connectivity index (χ2n) is 5.15. The Bertz CT molecular complexity index is 494. The highest BCUT2D eigenvalue weighted by atomic mass is 32.1. The van der Waals surface area contributed by atoms with E-state index >= 15 is 0 Å². The smallest absolute Gasteiger partial charge is 0.355 e. The van der Waals surface area contributed by atoms with Crippen LogP contribution in [0.1, 0.15) is 35.3 Å². The third-order valence-electron chi connectivity index (χ3n) is 3.38. The summed E-state index contributed by atoms with van der Waals surface area (Å²) >= 11 is 1.30. The van der Waals surface area contributed by atoms with Gasteiger partial charge in [-0.25, -0.2) is 9.78 Å². The second-order valence-corrected chi connectivity index (χ2v) is 6.10. The van der Waals surface area contributed by atoms with E-state index in [4.69, 9.17) is 9.84 Å². The summed E-state index contributed by atoms with van der Waals surface area (Å²) in [5, 5.41) is 13.9. The predicted molar refractivity (Wildman–Crippen MR) is 73.9 cm³/mol. The van der Waals surface area contributed by atoms with E-state index in [9.17, 15) is 9.59 Å². The number of carbonyl (C=O) groups excluding carboxylic acids is 1. The van der Waals surface area contributed by atoms with Crippen molar-refractivity contribution in [2.24, 2.45) is 5.41 Å². The van der Waals surface area contributed by atoms with Gasteiger partial charge in [0.1, 0.15) is 0 Å². The number of amides is 1. The SMILES string of the molecule is CC1(C(=O)NCCc2nc(C(=O)O)cs2)CCCOC1. The highest BCUT2D eigenvalue weighted by Crippen LogP contribution is 2.27. The molecule has 0 radical (unpaired) electrons. The lowest BCUT2D eigenvalue weighted by molar-refractivity contribution is -0.137. The van der Waals surface area contributed by atoms with Crippen LogP contribution in [0.2, 0.25) is 0 Å². The molecule has 1 aliphatic heterocycles. The van der Waals surface area contributed by atoms with Crippen LogP contribution in [-0.4, -0.2) is 41.7 Å². The summed E-state index contributed by atoms with van der Waals surface area (Å²) in [6.07, 6.45) is 2.28. The Labute approximate surface area is 121 Å². The molecule has 1 saturated heterocycles. The number of ether oxygens (including phenoxy) is 1. The molecule has 1 aliphatic rings. The van der Waals surface area contributed by atoms with E-state index in [1.54, 1.807) is 0 Å². The highest BCUT2D eigenvalue weighted by Gasteiger charge is 2.35. The molecule has 1 aromatic heterocycles. The minimum atomic E-state index is -1.02. The van der Waals surface area contributed by atoms with Gasteiger partial charge in [-0.05, 0) is 19.8 Å². The van der Waals surface area contributed by atoms with Crippen molar-refractivity contribution >= 4 is 23.2 Å². The standard InChI is InChI=1S/C13H18N2O4S/c1-13(4-2-6-19-8-13)12(18)14-5-3-10-15-9(7-20-10)11(16)17/h7H,2-6,8H2,1H3,(H,14,18)(H,16,17). The largest absolute Gasteiger partial charge is 0.476 e. The Morgan fingerprint density at radius 3 is 3.00 bits per heavy atom. The maximum Gasteiger partial charge on any atom is 0.355 e. The van der Waals surface area contributed by atoms with Crippen LogP contribution in [0.3, 0.4) is 0 Å². The van der Waals surface area contributed by atoms with Crippen LogP contribution in [0.4, 0.5) is 0 Å². The number of carboxylic acids is 1. The van der Waals surface area contributed by atoms with Gasteiger partial charge in [-0.1, -0.05) is 0 Å². The Kier molecular flexibility index (Phi) is 4.72. The predicted octanol–water partition coefficient (Wildman–Crippen LogP) is 1.32. The van der Waals surface area contributed by atoms with E-state index < -0.39 is 11.4 Å². The molecule has 0 bridgehead atoms. The number of rotatable bonds is 5. The number of thiazole rings is 1. The first-order valence-electron chi connectivity index (χ1n) is 6.55. The normalized spacial score (nSPS) is 22.4. The molecule has 0 saturated carbocycles. The number of carbonyl (C=O) groups is 2. The lowest BCUT2D eigenvalue weighted by Gasteiger charge is -2.31. The van der Waals surface area contributed by atoms with Gasteiger partial charge in [0.25, 0.3) is 0 Å². The highest BCUT2D eigenvalue weighted by molar-refractivity contribution is 7.09. The van der Waals surface area contributed by atoms with Gasteiger partial charge in [0, 0.05) is 25.0 Å². The van der Waals surface area contributed by atoms with Gasteiger partial charge >= 0.3 is 5.97 Å². The van der Waals surface area contributed by atoms with Gasteiger partial charge in [-0.15, -0.1) is 11.3 Å². The summed E-state index contributed by atoms with van der Waals surface area (Å²) in [4.78, 5) is 26.8.